The topological polar surface area (TPSA) is 67.6 Å². The molecular formula is C15H22N4. The molecule has 3 N–H and O–H groups in total. The summed E-state index contributed by atoms with van der Waals surface area (Å²) < 4.78 is 0. The molecule has 0 amide bonds. The third-order valence-electron chi connectivity index (χ3n) is 4.65. The van der Waals surface area contributed by atoms with E-state index < -0.39 is 0 Å². The van der Waals surface area contributed by atoms with E-state index in [2.05, 4.69) is 28.8 Å². The summed E-state index contributed by atoms with van der Waals surface area (Å²) in [5.41, 5.74) is 9.29. The van der Waals surface area contributed by atoms with E-state index in [0.29, 0.717) is 0 Å². The van der Waals surface area contributed by atoms with E-state index in [1.807, 2.05) is 6.07 Å². The number of hydrogen-bond donors (Lipinski definition) is 2. The number of nitrogens with zero attached hydrogens (tertiary/aromatic N) is 2. The Morgan fingerprint density at radius 1 is 1.42 bits per heavy atom. The second-order valence-electron chi connectivity index (χ2n) is 5.92. The van der Waals surface area contributed by atoms with Crippen LogP contribution in [0.2, 0.25) is 0 Å². The molecule has 0 aliphatic heterocycles. The lowest BCUT2D eigenvalue weighted by atomic mass is 9.76. The zero-order chi connectivity index (χ0) is 13.5. The lowest BCUT2D eigenvalue weighted by Gasteiger charge is -2.35. The molecule has 2 aromatic heterocycles. The van der Waals surface area contributed by atoms with Crippen LogP contribution in [0.1, 0.15) is 50.4 Å². The molecule has 1 aliphatic carbocycles. The van der Waals surface area contributed by atoms with Gasteiger partial charge in [0.15, 0.2) is 5.65 Å². The van der Waals surface area contributed by atoms with Crippen LogP contribution in [0.15, 0.2) is 12.3 Å². The van der Waals surface area contributed by atoms with Gasteiger partial charge in [-0.3, -0.25) is 0 Å². The number of H-pyrrole nitrogens is 1. The Kier molecular flexibility index (Phi) is 3.05. The van der Waals surface area contributed by atoms with E-state index in [1.54, 1.807) is 6.20 Å². The minimum atomic E-state index is -0.293. The van der Waals surface area contributed by atoms with E-state index in [0.717, 1.165) is 35.7 Å². The highest BCUT2D eigenvalue weighted by molar-refractivity contribution is 5.74. The van der Waals surface area contributed by atoms with Crippen LogP contribution >= 0.6 is 0 Å². The molecule has 0 unspecified atom stereocenters. The molecule has 1 saturated carbocycles. The summed E-state index contributed by atoms with van der Waals surface area (Å²) in [5.74, 6) is 1.75. The minimum absolute atomic E-state index is 0.293. The number of pyridine rings is 1. The maximum atomic E-state index is 6.59. The molecule has 2 heterocycles. The molecule has 0 radical (unpaired) electrons. The van der Waals surface area contributed by atoms with Gasteiger partial charge in [0.2, 0.25) is 0 Å². The molecule has 0 saturated heterocycles. The smallest absolute Gasteiger partial charge is 0.178 e. The van der Waals surface area contributed by atoms with Gasteiger partial charge in [-0.05, 0) is 50.2 Å². The van der Waals surface area contributed by atoms with Gasteiger partial charge in [0, 0.05) is 6.20 Å². The van der Waals surface area contributed by atoms with Crippen LogP contribution in [0.5, 0.6) is 0 Å². The Bertz CT molecular complexity index is 579. The Balaban J connectivity index is 1.93. The van der Waals surface area contributed by atoms with Crippen LogP contribution in [0, 0.1) is 12.8 Å². The van der Waals surface area contributed by atoms with Crippen LogP contribution in [-0.4, -0.2) is 15.0 Å². The zero-order valence-corrected chi connectivity index (χ0v) is 11.7. The summed E-state index contributed by atoms with van der Waals surface area (Å²) in [4.78, 5) is 12.4. The molecular weight excluding hydrogens is 236 g/mol. The van der Waals surface area contributed by atoms with Crippen molar-refractivity contribution in [3.63, 3.8) is 0 Å². The first kappa shape index (κ1) is 12.6. The number of aryl methyl sites for hydroxylation is 1. The Labute approximate surface area is 113 Å². The number of imidazole rings is 1. The number of rotatable bonds is 2. The maximum Gasteiger partial charge on any atom is 0.178 e. The molecule has 1 aliphatic rings. The average molecular weight is 258 g/mol. The van der Waals surface area contributed by atoms with Gasteiger partial charge in [-0.15, -0.1) is 0 Å². The summed E-state index contributed by atoms with van der Waals surface area (Å²) >= 11 is 0. The molecule has 0 bridgehead atoms. The molecule has 2 aromatic rings. The highest BCUT2D eigenvalue weighted by Gasteiger charge is 2.35. The summed E-state index contributed by atoms with van der Waals surface area (Å²) in [6.07, 6.45) is 7.51. The lowest BCUT2D eigenvalue weighted by molar-refractivity contribution is 0.223. The van der Waals surface area contributed by atoms with Crippen molar-refractivity contribution in [2.75, 3.05) is 0 Å². The van der Waals surface area contributed by atoms with Crippen molar-refractivity contribution in [3.05, 3.63) is 23.7 Å². The number of nitrogens with one attached hydrogen (secondary N) is 1. The number of fused-ring (bicyclic) bond motifs is 1. The van der Waals surface area contributed by atoms with Crippen LogP contribution in [0.3, 0.4) is 0 Å². The van der Waals surface area contributed by atoms with E-state index in [-0.39, 0.29) is 5.54 Å². The highest BCUT2D eigenvalue weighted by Crippen LogP contribution is 2.38. The molecule has 0 spiro atoms. The standard InChI is InChI=1S/C15H22N4/c1-3-11-4-7-15(16,8-5-11)14-18-12-10(2)6-9-17-13(12)19-14/h6,9,11H,3-5,7-8,16H2,1-2H3,(H,17,18,19). The van der Waals surface area contributed by atoms with E-state index >= 15 is 0 Å². The number of aromatic nitrogens is 3. The SMILES string of the molecule is CCC1CCC(N)(c2nc3nccc(C)c3[nH]2)CC1. The van der Waals surface area contributed by atoms with E-state index in [9.17, 15) is 0 Å². The van der Waals surface area contributed by atoms with Gasteiger partial charge in [-0.1, -0.05) is 13.3 Å². The van der Waals surface area contributed by atoms with Crippen LogP contribution in [0.25, 0.3) is 11.2 Å². The molecule has 19 heavy (non-hydrogen) atoms. The first-order chi connectivity index (χ1) is 9.12. The molecule has 4 heteroatoms. The highest BCUT2D eigenvalue weighted by atomic mass is 15.0. The maximum absolute atomic E-state index is 6.59. The van der Waals surface area contributed by atoms with Gasteiger partial charge >= 0.3 is 0 Å². The van der Waals surface area contributed by atoms with Crippen LogP contribution in [-0.2, 0) is 5.54 Å². The Morgan fingerprint density at radius 3 is 2.79 bits per heavy atom. The second kappa shape index (κ2) is 4.60. The van der Waals surface area contributed by atoms with E-state index in [1.165, 1.54) is 24.8 Å². The lowest BCUT2D eigenvalue weighted by Crippen LogP contribution is -2.41. The van der Waals surface area contributed by atoms with Crippen molar-refractivity contribution in [3.8, 4) is 0 Å². The molecule has 0 atom stereocenters. The predicted octanol–water partition coefficient (Wildman–Crippen LogP) is 3.02. The van der Waals surface area contributed by atoms with Gasteiger partial charge in [0.1, 0.15) is 5.82 Å². The number of aromatic amines is 1. The van der Waals surface area contributed by atoms with Gasteiger partial charge in [-0.25, -0.2) is 9.97 Å². The monoisotopic (exact) mass is 258 g/mol. The number of hydrogen-bond acceptors (Lipinski definition) is 3. The largest absolute Gasteiger partial charge is 0.339 e. The fourth-order valence-electron chi connectivity index (χ4n) is 3.11. The predicted molar refractivity (Wildman–Crippen MR) is 76.7 cm³/mol. The summed E-state index contributed by atoms with van der Waals surface area (Å²) in [6, 6.07) is 2.00. The molecule has 102 valence electrons. The van der Waals surface area contributed by atoms with Crippen molar-refractivity contribution in [1.82, 2.24) is 15.0 Å². The molecule has 1 fully saturated rings. The Hall–Kier alpha value is -1.42. The van der Waals surface area contributed by atoms with Crippen molar-refractivity contribution in [2.24, 2.45) is 11.7 Å². The van der Waals surface area contributed by atoms with Crippen molar-refractivity contribution in [2.45, 2.75) is 51.5 Å². The zero-order valence-electron chi connectivity index (χ0n) is 11.7. The number of nitrogens with two attached hydrogens (primary N) is 1. The minimum Gasteiger partial charge on any atom is -0.339 e. The van der Waals surface area contributed by atoms with Crippen molar-refractivity contribution in [1.29, 1.82) is 0 Å². The molecule has 0 aromatic carbocycles. The average Bonchev–Trinajstić information content (AvgIpc) is 2.86. The first-order valence-corrected chi connectivity index (χ1v) is 7.23. The van der Waals surface area contributed by atoms with E-state index in [4.69, 9.17) is 5.73 Å². The summed E-state index contributed by atoms with van der Waals surface area (Å²) in [5, 5.41) is 0. The van der Waals surface area contributed by atoms with Crippen LogP contribution < -0.4 is 5.73 Å². The molecule has 4 nitrogen and oxygen atoms in total. The van der Waals surface area contributed by atoms with Gasteiger partial charge in [-0.2, -0.15) is 0 Å². The second-order valence-corrected chi connectivity index (χ2v) is 5.92. The summed E-state index contributed by atoms with van der Waals surface area (Å²) in [7, 11) is 0. The summed E-state index contributed by atoms with van der Waals surface area (Å²) in [6.45, 7) is 4.34. The van der Waals surface area contributed by atoms with Gasteiger partial charge in [0.25, 0.3) is 0 Å². The van der Waals surface area contributed by atoms with Gasteiger partial charge in [0.05, 0.1) is 11.1 Å². The quantitative estimate of drug-likeness (QED) is 0.870. The first-order valence-electron chi connectivity index (χ1n) is 7.23. The van der Waals surface area contributed by atoms with Crippen molar-refractivity contribution >= 4 is 11.2 Å². The third kappa shape index (κ3) is 2.14. The fourth-order valence-corrected chi connectivity index (χ4v) is 3.11. The normalized spacial score (nSPS) is 27.8. The van der Waals surface area contributed by atoms with Gasteiger partial charge < -0.3 is 10.7 Å². The Morgan fingerprint density at radius 2 is 2.16 bits per heavy atom. The van der Waals surface area contributed by atoms with Crippen molar-refractivity contribution < 1.29 is 0 Å². The fraction of sp³-hybridized carbons (Fsp3) is 0.600. The molecule has 3 rings (SSSR count). The van der Waals surface area contributed by atoms with Crippen LogP contribution in [0.4, 0.5) is 0 Å². The third-order valence-corrected chi connectivity index (χ3v) is 4.65.